The molecule has 4 nitrogen and oxygen atoms in total. The first-order valence-electron chi connectivity index (χ1n) is 7.38. The van der Waals surface area contributed by atoms with Gasteiger partial charge >= 0.3 is 0 Å². The van der Waals surface area contributed by atoms with E-state index in [9.17, 15) is 5.11 Å². The van der Waals surface area contributed by atoms with E-state index in [0.29, 0.717) is 5.92 Å². The van der Waals surface area contributed by atoms with Crippen LogP contribution in [0.15, 0.2) is 12.3 Å². The summed E-state index contributed by atoms with van der Waals surface area (Å²) in [5.41, 5.74) is 1.33. The number of aromatic nitrogens is 1. The lowest BCUT2D eigenvalue weighted by atomic mass is 9.91. The van der Waals surface area contributed by atoms with Crippen LogP contribution in [0.25, 0.3) is 0 Å². The highest BCUT2D eigenvalue weighted by Crippen LogP contribution is 2.35. The predicted octanol–water partition coefficient (Wildman–Crippen LogP) is 3.07. The normalized spacial score (nSPS) is 25.0. The molecule has 1 heterocycles. The second-order valence-corrected chi connectivity index (χ2v) is 6.67. The molecule has 20 heavy (non-hydrogen) atoms. The number of rotatable bonds is 4. The molecule has 1 aliphatic rings. The Morgan fingerprint density at radius 1 is 1.40 bits per heavy atom. The summed E-state index contributed by atoms with van der Waals surface area (Å²) in [6, 6.07) is 2.11. The average Bonchev–Trinajstić information content (AvgIpc) is 2.65. The number of aliphatic hydroxyl groups is 1. The molecule has 3 atom stereocenters. The van der Waals surface area contributed by atoms with Crippen molar-refractivity contribution < 1.29 is 5.11 Å². The number of nitrogens with zero attached hydrogens (tertiary/aromatic N) is 1. The van der Waals surface area contributed by atoms with Crippen molar-refractivity contribution in [2.24, 2.45) is 0 Å². The van der Waals surface area contributed by atoms with E-state index in [1.54, 1.807) is 0 Å². The molecule has 2 rings (SSSR count). The molecule has 1 aliphatic carbocycles. The summed E-state index contributed by atoms with van der Waals surface area (Å²) in [5, 5.41) is 16.6. The minimum absolute atomic E-state index is 0.154. The molecule has 1 saturated carbocycles. The van der Waals surface area contributed by atoms with Crippen LogP contribution in [0.2, 0.25) is 0 Å². The molecule has 1 aromatic rings. The fourth-order valence-electron chi connectivity index (χ4n) is 2.77. The van der Waals surface area contributed by atoms with Gasteiger partial charge in [-0.1, -0.05) is 12.8 Å². The lowest BCUT2D eigenvalue weighted by molar-refractivity contribution is 0.152. The van der Waals surface area contributed by atoms with E-state index in [4.69, 9.17) is 0 Å². The zero-order valence-electron chi connectivity index (χ0n) is 12.2. The van der Waals surface area contributed by atoms with Crippen LogP contribution < -0.4 is 10.6 Å². The van der Waals surface area contributed by atoms with E-state index in [1.165, 1.54) is 15.6 Å². The second-order valence-electron chi connectivity index (χ2n) is 5.59. The maximum Gasteiger partial charge on any atom is 0.140 e. The van der Waals surface area contributed by atoms with Crippen LogP contribution in [-0.2, 0) is 0 Å². The monoisotopic (exact) mass is 389 g/mol. The summed E-state index contributed by atoms with van der Waals surface area (Å²) in [6.07, 6.45) is 7.24. The van der Waals surface area contributed by atoms with Gasteiger partial charge in [0.05, 0.1) is 15.8 Å². The molecule has 0 saturated heterocycles. The van der Waals surface area contributed by atoms with Gasteiger partial charge in [0, 0.05) is 6.20 Å². The third kappa shape index (κ3) is 4.05. The van der Waals surface area contributed by atoms with Gasteiger partial charge in [0.1, 0.15) is 5.82 Å². The van der Waals surface area contributed by atoms with Crippen molar-refractivity contribution in [3.63, 3.8) is 0 Å². The fraction of sp³-hybridized carbons (Fsp3) is 0.667. The van der Waals surface area contributed by atoms with Crippen molar-refractivity contribution in [2.45, 2.75) is 57.2 Å². The van der Waals surface area contributed by atoms with Gasteiger partial charge in [0.2, 0.25) is 0 Å². The molecule has 2 unspecified atom stereocenters. The first-order valence-corrected chi connectivity index (χ1v) is 8.46. The second kappa shape index (κ2) is 7.56. The number of hydrogen-bond donors (Lipinski definition) is 3. The molecule has 0 aromatic carbocycles. The van der Waals surface area contributed by atoms with Crippen LogP contribution in [0.1, 0.15) is 50.5 Å². The van der Waals surface area contributed by atoms with Crippen molar-refractivity contribution in [3.8, 4) is 0 Å². The van der Waals surface area contributed by atoms with Crippen molar-refractivity contribution in [2.75, 3.05) is 12.4 Å². The van der Waals surface area contributed by atoms with E-state index < -0.39 is 0 Å². The molecular weight excluding hydrogens is 365 g/mol. The molecule has 112 valence electrons. The maximum absolute atomic E-state index is 10.0. The predicted molar refractivity (Wildman–Crippen MR) is 90.9 cm³/mol. The molecule has 1 aromatic heterocycles. The first kappa shape index (κ1) is 16.0. The number of nitrogens with one attached hydrogen (secondary N) is 2. The van der Waals surface area contributed by atoms with Gasteiger partial charge in [-0.3, -0.25) is 0 Å². The number of pyridine rings is 1. The Bertz CT molecular complexity index is 441. The zero-order valence-corrected chi connectivity index (χ0v) is 14.4. The van der Waals surface area contributed by atoms with E-state index in [0.717, 1.165) is 31.5 Å². The van der Waals surface area contributed by atoms with E-state index >= 15 is 0 Å². The van der Waals surface area contributed by atoms with Crippen LogP contribution in [0.4, 0.5) is 5.82 Å². The Morgan fingerprint density at radius 3 is 2.90 bits per heavy atom. The van der Waals surface area contributed by atoms with Gasteiger partial charge in [-0.05, 0) is 73.4 Å². The molecule has 0 amide bonds. The number of hydrogen-bond acceptors (Lipinski definition) is 4. The van der Waals surface area contributed by atoms with Crippen LogP contribution in [-0.4, -0.2) is 29.4 Å². The fourth-order valence-corrected chi connectivity index (χ4v) is 3.68. The number of halogens is 1. The standard InChI is InChI=1S/C15H24IN3O/c1-10(17-2)19-15-14(16)13(7-8-18-15)11-5-3-4-6-12(20)9-11/h7-8,10-12,17,20H,3-6,9H2,1-2H3,(H,18,19)/t10?,11-,12?/m1/s1. The van der Waals surface area contributed by atoms with Crippen LogP contribution >= 0.6 is 22.6 Å². The third-order valence-corrected chi connectivity index (χ3v) is 5.18. The quantitative estimate of drug-likeness (QED) is 0.421. The molecular formula is C15H24IN3O. The molecule has 0 spiro atoms. The van der Waals surface area contributed by atoms with Crippen molar-refractivity contribution in [3.05, 3.63) is 21.4 Å². The summed E-state index contributed by atoms with van der Waals surface area (Å²) < 4.78 is 1.19. The zero-order chi connectivity index (χ0) is 14.5. The topological polar surface area (TPSA) is 57.2 Å². The summed E-state index contributed by atoms with van der Waals surface area (Å²) in [5.74, 6) is 1.39. The Kier molecular flexibility index (Phi) is 6.04. The maximum atomic E-state index is 10.0. The minimum Gasteiger partial charge on any atom is -0.393 e. The van der Waals surface area contributed by atoms with Crippen LogP contribution in [0, 0.1) is 3.57 Å². The Morgan fingerprint density at radius 2 is 2.15 bits per heavy atom. The number of anilines is 1. The van der Waals surface area contributed by atoms with E-state index in [2.05, 4.69) is 51.2 Å². The summed E-state index contributed by atoms with van der Waals surface area (Å²) >= 11 is 2.38. The van der Waals surface area contributed by atoms with Gasteiger partial charge in [0.15, 0.2) is 0 Å². The van der Waals surface area contributed by atoms with Gasteiger partial charge in [0.25, 0.3) is 0 Å². The lowest BCUT2D eigenvalue weighted by Crippen LogP contribution is -2.30. The van der Waals surface area contributed by atoms with Gasteiger partial charge in [-0.2, -0.15) is 0 Å². The average molecular weight is 389 g/mol. The van der Waals surface area contributed by atoms with Gasteiger partial charge in [-0.15, -0.1) is 0 Å². The van der Waals surface area contributed by atoms with E-state index in [-0.39, 0.29) is 12.3 Å². The van der Waals surface area contributed by atoms with Crippen molar-refractivity contribution >= 4 is 28.4 Å². The molecule has 0 bridgehead atoms. The Labute approximate surface area is 134 Å². The Balaban J connectivity index is 2.20. The summed E-state index contributed by atoms with van der Waals surface area (Å²) in [7, 11) is 1.93. The highest BCUT2D eigenvalue weighted by molar-refractivity contribution is 14.1. The third-order valence-electron chi connectivity index (χ3n) is 4.04. The van der Waals surface area contributed by atoms with E-state index in [1.807, 2.05) is 13.2 Å². The highest BCUT2D eigenvalue weighted by Gasteiger charge is 2.23. The first-order chi connectivity index (χ1) is 9.61. The van der Waals surface area contributed by atoms with Crippen molar-refractivity contribution in [1.29, 1.82) is 0 Å². The number of aliphatic hydroxyl groups excluding tert-OH is 1. The SMILES string of the molecule is CNC(C)Nc1nccc([C@@H]2CCCCC(O)C2)c1I. The van der Waals surface area contributed by atoms with Gasteiger partial charge < -0.3 is 15.7 Å². The Hall–Kier alpha value is -0.400. The molecule has 5 heteroatoms. The summed E-state index contributed by atoms with van der Waals surface area (Å²) in [6.45, 7) is 2.07. The summed E-state index contributed by atoms with van der Waals surface area (Å²) in [4.78, 5) is 4.44. The van der Waals surface area contributed by atoms with Crippen LogP contribution in [0.3, 0.4) is 0 Å². The largest absolute Gasteiger partial charge is 0.393 e. The highest BCUT2D eigenvalue weighted by atomic mass is 127. The molecule has 1 fully saturated rings. The molecule has 0 aliphatic heterocycles. The smallest absolute Gasteiger partial charge is 0.140 e. The van der Waals surface area contributed by atoms with Crippen molar-refractivity contribution in [1.82, 2.24) is 10.3 Å². The van der Waals surface area contributed by atoms with Crippen LogP contribution in [0.5, 0.6) is 0 Å². The lowest BCUT2D eigenvalue weighted by Gasteiger charge is -2.21. The molecule has 3 N–H and O–H groups in total. The van der Waals surface area contributed by atoms with Gasteiger partial charge in [-0.25, -0.2) is 4.98 Å². The minimum atomic E-state index is -0.154. The molecule has 0 radical (unpaired) electrons.